The second-order valence-corrected chi connectivity index (χ2v) is 9.22. The molecule has 0 bridgehead atoms. The zero-order valence-corrected chi connectivity index (χ0v) is 20.4. The van der Waals surface area contributed by atoms with Gasteiger partial charge in [0.2, 0.25) is 17.7 Å². The molecule has 1 atom stereocenters. The first kappa shape index (κ1) is 25.3. The van der Waals surface area contributed by atoms with Crippen molar-refractivity contribution in [3.05, 3.63) is 60.4 Å². The second-order valence-electron chi connectivity index (χ2n) is 9.22. The molecule has 3 heterocycles. The van der Waals surface area contributed by atoms with Gasteiger partial charge in [-0.05, 0) is 37.0 Å². The van der Waals surface area contributed by atoms with E-state index in [4.69, 9.17) is 9.47 Å². The summed E-state index contributed by atoms with van der Waals surface area (Å²) in [5, 5.41) is 0. The van der Waals surface area contributed by atoms with Crippen LogP contribution in [0.4, 0.5) is 0 Å². The number of aromatic nitrogens is 1. The molecule has 2 aliphatic rings. The van der Waals surface area contributed by atoms with Crippen LogP contribution in [0.2, 0.25) is 0 Å². The van der Waals surface area contributed by atoms with Crippen molar-refractivity contribution in [2.45, 2.75) is 37.5 Å². The van der Waals surface area contributed by atoms with Gasteiger partial charge in [-0.3, -0.25) is 29.1 Å². The van der Waals surface area contributed by atoms with Crippen molar-refractivity contribution in [2.75, 3.05) is 33.4 Å². The van der Waals surface area contributed by atoms with Gasteiger partial charge in [-0.25, -0.2) is 0 Å². The highest BCUT2D eigenvalue weighted by molar-refractivity contribution is 6.10. The maximum absolute atomic E-state index is 13.7. The number of benzene rings is 1. The largest absolute Gasteiger partial charge is 0.492 e. The number of nitrogens with zero attached hydrogens (tertiary/aromatic N) is 3. The van der Waals surface area contributed by atoms with Crippen molar-refractivity contribution in [3.63, 3.8) is 0 Å². The summed E-state index contributed by atoms with van der Waals surface area (Å²) in [5.41, 5.74) is -0.575. The van der Waals surface area contributed by atoms with Crippen LogP contribution in [0.5, 0.6) is 5.75 Å². The van der Waals surface area contributed by atoms with E-state index < -0.39 is 5.41 Å². The molecule has 0 radical (unpaired) electrons. The Balaban J connectivity index is 1.44. The highest BCUT2D eigenvalue weighted by atomic mass is 16.5. The fourth-order valence-corrected chi connectivity index (χ4v) is 5.00. The van der Waals surface area contributed by atoms with E-state index in [-0.39, 0.29) is 49.0 Å². The van der Waals surface area contributed by atoms with Crippen molar-refractivity contribution >= 4 is 23.7 Å². The maximum atomic E-state index is 13.7. The minimum atomic E-state index is -1.24. The standard InChI is InChI=1S/C27H31N3O6/c1-35-25(33)20-10-14-29(15-11-20)23(31)17-27(21-7-3-2-4-8-21)18-24(32)30(26(27)34)13-6-16-36-22-9-5-12-28-19-22/h2-5,7-9,12,19-20H,6,10-11,13-18H2,1H3/t27-/m0/s1. The predicted octanol–water partition coefficient (Wildman–Crippen LogP) is 2.35. The topological polar surface area (TPSA) is 106 Å². The number of piperidine rings is 1. The van der Waals surface area contributed by atoms with Crippen LogP contribution in [0.1, 0.15) is 37.7 Å². The molecule has 190 valence electrons. The summed E-state index contributed by atoms with van der Waals surface area (Å²) in [6.07, 6.45) is 4.62. The Morgan fingerprint density at radius 2 is 1.83 bits per heavy atom. The minimum Gasteiger partial charge on any atom is -0.492 e. The van der Waals surface area contributed by atoms with E-state index in [1.165, 1.54) is 12.0 Å². The van der Waals surface area contributed by atoms with E-state index in [0.717, 1.165) is 0 Å². The van der Waals surface area contributed by atoms with Crippen molar-refractivity contribution in [2.24, 2.45) is 5.92 Å². The first-order valence-corrected chi connectivity index (χ1v) is 12.2. The fraction of sp³-hybridized carbons (Fsp3) is 0.444. The van der Waals surface area contributed by atoms with Crippen LogP contribution in [-0.2, 0) is 29.3 Å². The molecule has 2 fully saturated rings. The van der Waals surface area contributed by atoms with Gasteiger partial charge >= 0.3 is 5.97 Å². The Hall–Kier alpha value is -3.75. The Bertz CT molecular complexity index is 1090. The third kappa shape index (κ3) is 5.40. The summed E-state index contributed by atoms with van der Waals surface area (Å²) in [7, 11) is 1.36. The van der Waals surface area contributed by atoms with Crippen LogP contribution in [0.25, 0.3) is 0 Å². The third-order valence-corrected chi connectivity index (χ3v) is 7.00. The molecule has 4 rings (SSSR count). The lowest BCUT2D eigenvalue weighted by Gasteiger charge is -2.34. The average molecular weight is 494 g/mol. The van der Waals surface area contributed by atoms with Crippen LogP contribution in [0.3, 0.4) is 0 Å². The van der Waals surface area contributed by atoms with E-state index in [1.807, 2.05) is 18.2 Å². The quantitative estimate of drug-likeness (QED) is 0.300. The smallest absolute Gasteiger partial charge is 0.308 e. The lowest BCUT2D eigenvalue weighted by Crippen LogP contribution is -2.46. The predicted molar refractivity (Wildman–Crippen MR) is 130 cm³/mol. The van der Waals surface area contributed by atoms with E-state index >= 15 is 0 Å². The Kier molecular flexibility index (Phi) is 7.97. The maximum Gasteiger partial charge on any atom is 0.308 e. The van der Waals surface area contributed by atoms with Crippen LogP contribution >= 0.6 is 0 Å². The van der Waals surface area contributed by atoms with Crippen molar-refractivity contribution in [3.8, 4) is 5.75 Å². The molecule has 1 aromatic heterocycles. The van der Waals surface area contributed by atoms with E-state index in [1.54, 1.807) is 41.6 Å². The lowest BCUT2D eigenvalue weighted by molar-refractivity contribution is -0.149. The number of imide groups is 1. The van der Waals surface area contributed by atoms with Gasteiger partial charge in [0.15, 0.2) is 0 Å². The SMILES string of the molecule is COC(=O)C1CCN(C(=O)C[C@@]2(c3ccccc3)CC(=O)N(CCCOc3cccnc3)C2=O)CC1. The number of likely N-dealkylation sites (tertiary alicyclic amines) is 2. The molecule has 0 spiro atoms. The van der Waals surface area contributed by atoms with Gasteiger partial charge in [-0.2, -0.15) is 0 Å². The molecular weight excluding hydrogens is 462 g/mol. The van der Waals surface area contributed by atoms with Crippen LogP contribution in [0.15, 0.2) is 54.9 Å². The minimum absolute atomic E-state index is 0.0519. The van der Waals surface area contributed by atoms with Gasteiger partial charge in [0.1, 0.15) is 5.75 Å². The van der Waals surface area contributed by atoms with E-state index in [0.29, 0.717) is 50.3 Å². The number of ether oxygens (including phenoxy) is 2. The van der Waals surface area contributed by atoms with Gasteiger partial charge in [0.05, 0.1) is 31.2 Å². The van der Waals surface area contributed by atoms with Crippen LogP contribution < -0.4 is 4.74 Å². The van der Waals surface area contributed by atoms with Crippen molar-refractivity contribution in [1.29, 1.82) is 0 Å². The number of amides is 3. The normalized spacial score (nSPS) is 20.5. The molecule has 0 unspecified atom stereocenters. The number of hydrogen-bond donors (Lipinski definition) is 0. The average Bonchev–Trinajstić information content (AvgIpc) is 3.16. The zero-order chi connectivity index (χ0) is 25.5. The summed E-state index contributed by atoms with van der Waals surface area (Å²) < 4.78 is 10.5. The van der Waals surface area contributed by atoms with Gasteiger partial charge in [0, 0.05) is 38.7 Å². The Morgan fingerprint density at radius 1 is 1.08 bits per heavy atom. The summed E-state index contributed by atoms with van der Waals surface area (Å²) >= 11 is 0. The Labute approximate surface area is 210 Å². The first-order valence-electron chi connectivity index (χ1n) is 12.2. The third-order valence-electron chi connectivity index (χ3n) is 7.00. The number of carbonyl (C=O) groups excluding carboxylic acids is 4. The molecule has 2 saturated heterocycles. The number of carbonyl (C=O) groups is 4. The highest BCUT2D eigenvalue weighted by Crippen LogP contribution is 2.40. The zero-order valence-electron chi connectivity index (χ0n) is 20.4. The van der Waals surface area contributed by atoms with E-state index in [2.05, 4.69) is 4.98 Å². The summed E-state index contributed by atoms with van der Waals surface area (Å²) in [6, 6.07) is 12.6. The van der Waals surface area contributed by atoms with Crippen molar-refractivity contribution in [1.82, 2.24) is 14.8 Å². The summed E-state index contributed by atoms with van der Waals surface area (Å²) in [5.74, 6) is -0.689. The molecule has 9 heteroatoms. The van der Waals surface area contributed by atoms with E-state index in [9.17, 15) is 19.2 Å². The molecule has 0 N–H and O–H groups in total. The molecule has 2 aliphatic heterocycles. The van der Waals surface area contributed by atoms with Crippen LogP contribution in [0, 0.1) is 5.92 Å². The number of methoxy groups -OCH3 is 1. The molecule has 36 heavy (non-hydrogen) atoms. The molecule has 1 aromatic carbocycles. The van der Waals surface area contributed by atoms with Gasteiger partial charge in [-0.15, -0.1) is 0 Å². The number of rotatable bonds is 9. The van der Waals surface area contributed by atoms with Gasteiger partial charge in [-0.1, -0.05) is 30.3 Å². The molecule has 2 aromatic rings. The first-order chi connectivity index (χ1) is 17.4. The highest BCUT2D eigenvalue weighted by Gasteiger charge is 2.54. The monoisotopic (exact) mass is 493 g/mol. The second kappa shape index (κ2) is 11.3. The molecule has 0 aliphatic carbocycles. The molecular formula is C27H31N3O6. The lowest BCUT2D eigenvalue weighted by atomic mass is 9.75. The van der Waals surface area contributed by atoms with Gasteiger partial charge < -0.3 is 14.4 Å². The number of esters is 1. The summed E-state index contributed by atoms with van der Waals surface area (Å²) in [6.45, 7) is 1.38. The number of hydrogen-bond acceptors (Lipinski definition) is 7. The van der Waals surface area contributed by atoms with Gasteiger partial charge in [0.25, 0.3) is 0 Å². The molecule has 9 nitrogen and oxygen atoms in total. The van der Waals surface area contributed by atoms with Crippen LogP contribution in [-0.4, -0.2) is 71.8 Å². The fourth-order valence-electron chi connectivity index (χ4n) is 5.00. The molecule has 3 amide bonds. The summed E-state index contributed by atoms with van der Waals surface area (Å²) in [4.78, 5) is 58.9. The molecule has 0 saturated carbocycles. The van der Waals surface area contributed by atoms with Crippen molar-refractivity contribution < 1.29 is 28.7 Å². The Morgan fingerprint density at radius 3 is 2.50 bits per heavy atom. The number of pyridine rings is 1.